The fraction of sp³-hybridized carbons (Fsp3) is 0.500. The van der Waals surface area contributed by atoms with E-state index in [2.05, 4.69) is 10.3 Å². The first-order valence-electron chi connectivity index (χ1n) is 6.73. The summed E-state index contributed by atoms with van der Waals surface area (Å²) < 4.78 is 0. The van der Waals surface area contributed by atoms with E-state index in [1.165, 1.54) is 12.3 Å². The molecule has 1 unspecified atom stereocenters. The van der Waals surface area contributed by atoms with Crippen molar-refractivity contribution < 1.29 is 14.7 Å². The van der Waals surface area contributed by atoms with Gasteiger partial charge < -0.3 is 10.4 Å². The van der Waals surface area contributed by atoms with Crippen LogP contribution in [0.15, 0.2) is 18.3 Å². The maximum absolute atomic E-state index is 12.1. The van der Waals surface area contributed by atoms with E-state index >= 15 is 0 Å². The Labute approximate surface area is 122 Å². The van der Waals surface area contributed by atoms with E-state index in [4.69, 9.17) is 11.6 Å². The van der Waals surface area contributed by atoms with Gasteiger partial charge in [0.15, 0.2) is 0 Å². The minimum absolute atomic E-state index is 0.00983. The van der Waals surface area contributed by atoms with Gasteiger partial charge in [-0.3, -0.25) is 9.78 Å². The number of carbonyl (C=O) groups excluding carboxylic acids is 1. The Morgan fingerprint density at radius 1 is 1.35 bits per heavy atom. The highest BCUT2D eigenvalue weighted by molar-refractivity contribution is 6.30. The third kappa shape index (κ3) is 3.70. The Balaban J connectivity index is 2.07. The highest BCUT2D eigenvalue weighted by Crippen LogP contribution is 2.26. The first kappa shape index (κ1) is 14.8. The number of hydrogen-bond donors (Lipinski definition) is 2. The zero-order valence-corrected chi connectivity index (χ0v) is 11.8. The number of nitrogens with one attached hydrogen (secondary N) is 1. The molecule has 0 aromatic carbocycles. The number of rotatable bonds is 4. The van der Waals surface area contributed by atoms with Crippen LogP contribution in [-0.2, 0) is 4.79 Å². The molecule has 1 heterocycles. The minimum Gasteiger partial charge on any atom is -0.480 e. The first-order chi connectivity index (χ1) is 9.58. The van der Waals surface area contributed by atoms with Crippen LogP contribution in [-0.4, -0.2) is 28.0 Å². The summed E-state index contributed by atoms with van der Waals surface area (Å²) in [5, 5.41) is 12.3. The van der Waals surface area contributed by atoms with Crippen LogP contribution in [0.3, 0.4) is 0 Å². The molecule has 2 N–H and O–H groups in total. The van der Waals surface area contributed by atoms with Gasteiger partial charge in [-0.1, -0.05) is 30.9 Å². The third-order valence-electron chi connectivity index (χ3n) is 3.63. The maximum Gasteiger partial charge on any atom is 0.326 e. The summed E-state index contributed by atoms with van der Waals surface area (Å²) in [6, 6.07) is 2.13. The molecule has 1 aromatic heterocycles. The summed E-state index contributed by atoms with van der Waals surface area (Å²) in [5.41, 5.74) is 0.138. The summed E-state index contributed by atoms with van der Waals surface area (Å²) in [4.78, 5) is 27.3. The van der Waals surface area contributed by atoms with E-state index in [1.54, 1.807) is 6.07 Å². The fourth-order valence-electron chi connectivity index (χ4n) is 2.59. The van der Waals surface area contributed by atoms with Crippen molar-refractivity contribution >= 4 is 23.5 Å². The average Bonchev–Trinajstić information content (AvgIpc) is 2.45. The van der Waals surface area contributed by atoms with Crippen molar-refractivity contribution in [3.63, 3.8) is 0 Å². The van der Waals surface area contributed by atoms with Gasteiger partial charge in [-0.05, 0) is 30.9 Å². The van der Waals surface area contributed by atoms with E-state index in [0.717, 1.165) is 32.1 Å². The van der Waals surface area contributed by atoms with Gasteiger partial charge in [0.2, 0.25) is 0 Å². The Morgan fingerprint density at radius 3 is 2.65 bits per heavy atom. The average molecular weight is 297 g/mol. The molecule has 0 aliphatic heterocycles. The largest absolute Gasteiger partial charge is 0.480 e. The molecular weight excluding hydrogens is 280 g/mol. The van der Waals surface area contributed by atoms with Crippen molar-refractivity contribution in [2.45, 2.75) is 38.1 Å². The molecule has 1 aliphatic carbocycles. The number of carbonyl (C=O) groups is 2. The van der Waals surface area contributed by atoms with Crippen molar-refractivity contribution in [1.29, 1.82) is 0 Å². The van der Waals surface area contributed by atoms with E-state index in [-0.39, 0.29) is 11.6 Å². The van der Waals surface area contributed by atoms with Gasteiger partial charge >= 0.3 is 5.97 Å². The molecule has 1 aromatic rings. The number of halogens is 1. The van der Waals surface area contributed by atoms with Crippen LogP contribution in [0.2, 0.25) is 5.02 Å². The lowest BCUT2D eigenvalue weighted by Crippen LogP contribution is -2.46. The van der Waals surface area contributed by atoms with Gasteiger partial charge in [-0.2, -0.15) is 0 Å². The molecule has 0 bridgehead atoms. The Bertz CT molecular complexity index is 501. The van der Waals surface area contributed by atoms with Gasteiger partial charge in [0.05, 0.1) is 0 Å². The molecule has 1 atom stereocenters. The smallest absolute Gasteiger partial charge is 0.326 e. The number of carboxylic acids is 1. The molecule has 1 fully saturated rings. The standard InChI is InChI=1S/C14H17ClN2O3/c15-10-6-7-16-11(8-10)13(18)17-12(14(19)20)9-4-2-1-3-5-9/h6-9,12H,1-5H2,(H,17,18)(H,19,20). The van der Waals surface area contributed by atoms with E-state index in [9.17, 15) is 14.7 Å². The summed E-state index contributed by atoms with van der Waals surface area (Å²) in [6.07, 6.45) is 6.25. The van der Waals surface area contributed by atoms with Gasteiger partial charge in [-0.15, -0.1) is 0 Å². The van der Waals surface area contributed by atoms with Crippen molar-refractivity contribution in [2.24, 2.45) is 5.92 Å². The Kier molecular flexibility index (Phi) is 4.95. The van der Waals surface area contributed by atoms with Crippen LogP contribution in [0.5, 0.6) is 0 Å². The summed E-state index contributed by atoms with van der Waals surface area (Å²) in [7, 11) is 0. The number of amides is 1. The number of nitrogens with zero attached hydrogens (tertiary/aromatic N) is 1. The lowest BCUT2D eigenvalue weighted by atomic mass is 9.84. The molecule has 2 rings (SSSR count). The molecule has 108 valence electrons. The molecular formula is C14H17ClN2O3. The molecule has 1 saturated carbocycles. The summed E-state index contributed by atoms with van der Waals surface area (Å²) >= 11 is 5.80. The molecule has 0 spiro atoms. The molecule has 6 heteroatoms. The number of hydrogen-bond acceptors (Lipinski definition) is 3. The van der Waals surface area contributed by atoms with Crippen LogP contribution in [0, 0.1) is 5.92 Å². The van der Waals surface area contributed by atoms with Crippen molar-refractivity contribution in [1.82, 2.24) is 10.3 Å². The van der Waals surface area contributed by atoms with Gasteiger partial charge in [-0.25, -0.2) is 4.79 Å². The minimum atomic E-state index is -0.993. The number of carboxylic acid groups (broad SMARTS) is 1. The summed E-state index contributed by atoms with van der Waals surface area (Å²) in [6.45, 7) is 0. The second-order valence-electron chi connectivity index (χ2n) is 5.05. The third-order valence-corrected chi connectivity index (χ3v) is 3.86. The second kappa shape index (κ2) is 6.70. The van der Waals surface area contributed by atoms with Crippen LogP contribution in [0.1, 0.15) is 42.6 Å². The number of aliphatic carboxylic acids is 1. The second-order valence-corrected chi connectivity index (χ2v) is 5.48. The van der Waals surface area contributed by atoms with Gasteiger partial charge in [0.1, 0.15) is 11.7 Å². The van der Waals surface area contributed by atoms with Crippen LogP contribution in [0.4, 0.5) is 0 Å². The Morgan fingerprint density at radius 2 is 2.05 bits per heavy atom. The summed E-state index contributed by atoms with van der Waals surface area (Å²) in [5.74, 6) is -1.50. The molecule has 1 amide bonds. The first-order valence-corrected chi connectivity index (χ1v) is 7.11. The van der Waals surface area contributed by atoms with Gasteiger partial charge in [0.25, 0.3) is 5.91 Å². The van der Waals surface area contributed by atoms with Crippen LogP contribution >= 0.6 is 11.6 Å². The molecule has 1 aliphatic rings. The van der Waals surface area contributed by atoms with Crippen molar-refractivity contribution in [3.05, 3.63) is 29.0 Å². The molecule has 0 saturated heterocycles. The van der Waals surface area contributed by atoms with E-state index in [1.807, 2.05) is 0 Å². The topological polar surface area (TPSA) is 79.3 Å². The predicted molar refractivity (Wildman–Crippen MR) is 74.7 cm³/mol. The monoisotopic (exact) mass is 296 g/mol. The zero-order valence-electron chi connectivity index (χ0n) is 11.0. The lowest BCUT2D eigenvalue weighted by molar-refractivity contribution is -0.141. The zero-order chi connectivity index (χ0) is 14.5. The molecule has 5 nitrogen and oxygen atoms in total. The van der Waals surface area contributed by atoms with Crippen LogP contribution in [0.25, 0.3) is 0 Å². The molecule has 0 radical (unpaired) electrons. The Hall–Kier alpha value is -1.62. The number of aromatic nitrogens is 1. The van der Waals surface area contributed by atoms with E-state index < -0.39 is 17.9 Å². The molecule has 20 heavy (non-hydrogen) atoms. The normalized spacial score (nSPS) is 17.4. The van der Waals surface area contributed by atoms with Crippen LogP contribution < -0.4 is 5.32 Å². The van der Waals surface area contributed by atoms with E-state index in [0.29, 0.717) is 5.02 Å². The van der Waals surface area contributed by atoms with Crippen molar-refractivity contribution in [3.8, 4) is 0 Å². The lowest BCUT2D eigenvalue weighted by Gasteiger charge is -2.27. The highest BCUT2D eigenvalue weighted by Gasteiger charge is 2.31. The van der Waals surface area contributed by atoms with Crippen molar-refractivity contribution in [2.75, 3.05) is 0 Å². The SMILES string of the molecule is O=C(NC(C(=O)O)C1CCCCC1)c1cc(Cl)ccn1. The number of pyridine rings is 1. The fourth-order valence-corrected chi connectivity index (χ4v) is 2.75. The predicted octanol–water partition coefficient (Wildman–Crippen LogP) is 2.50. The highest BCUT2D eigenvalue weighted by atomic mass is 35.5. The quantitative estimate of drug-likeness (QED) is 0.894. The van der Waals surface area contributed by atoms with Gasteiger partial charge in [0, 0.05) is 11.2 Å². The maximum atomic E-state index is 12.1.